The highest BCUT2D eigenvalue weighted by Gasteiger charge is 2.19. The van der Waals surface area contributed by atoms with Crippen molar-refractivity contribution in [3.05, 3.63) is 35.9 Å². The van der Waals surface area contributed by atoms with Crippen molar-refractivity contribution >= 4 is 5.96 Å². The van der Waals surface area contributed by atoms with E-state index in [1.165, 1.54) is 12.0 Å². The van der Waals surface area contributed by atoms with E-state index in [1.807, 2.05) is 7.05 Å². The van der Waals surface area contributed by atoms with E-state index >= 15 is 0 Å². The van der Waals surface area contributed by atoms with Gasteiger partial charge < -0.3 is 15.4 Å². The van der Waals surface area contributed by atoms with Crippen molar-refractivity contribution in [1.82, 2.24) is 15.5 Å². The van der Waals surface area contributed by atoms with Crippen LogP contribution < -0.4 is 10.6 Å². The third-order valence-corrected chi connectivity index (χ3v) is 4.80. The number of rotatable bonds is 10. The number of unbranched alkanes of at least 4 members (excludes halogenated alkanes) is 1. The largest absolute Gasteiger partial charge is 0.381 e. The minimum Gasteiger partial charge on any atom is -0.381 e. The summed E-state index contributed by atoms with van der Waals surface area (Å²) < 4.78 is 5.59. The summed E-state index contributed by atoms with van der Waals surface area (Å²) in [6.45, 7) is 8.11. The molecule has 0 radical (unpaired) electrons. The van der Waals surface area contributed by atoms with Gasteiger partial charge in [0.15, 0.2) is 5.96 Å². The molecule has 0 bridgehead atoms. The van der Waals surface area contributed by atoms with Gasteiger partial charge >= 0.3 is 0 Å². The van der Waals surface area contributed by atoms with Crippen molar-refractivity contribution in [2.24, 2.45) is 4.99 Å². The summed E-state index contributed by atoms with van der Waals surface area (Å²) >= 11 is 0. The smallest absolute Gasteiger partial charge is 0.191 e. The molecule has 0 atom stereocenters. The highest BCUT2D eigenvalue weighted by molar-refractivity contribution is 5.79. The number of piperidine rings is 1. The van der Waals surface area contributed by atoms with Gasteiger partial charge in [-0.3, -0.25) is 9.89 Å². The van der Waals surface area contributed by atoms with Crippen LogP contribution in [0.4, 0.5) is 0 Å². The lowest BCUT2D eigenvalue weighted by Crippen LogP contribution is -2.48. The molecule has 26 heavy (non-hydrogen) atoms. The molecule has 2 N–H and O–H groups in total. The summed E-state index contributed by atoms with van der Waals surface area (Å²) in [5, 5.41) is 6.98. The molecule has 1 aliphatic heterocycles. The second-order valence-corrected chi connectivity index (χ2v) is 7.00. The minimum absolute atomic E-state index is 0.508. The SMILES string of the molecule is CCCCOCCCNC(=NC)NC1CCN(Cc2ccccc2)CC1. The van der Waals surface area contributed by atoms with Gasteiger partial charge in [0.25, 0.3) is 0 Å². The first-order chi connectivity index (χ1) is 12.8. The molecule has 1 heterocycles. The van der Waals surface area contributed by atoms with Crippen LogP contribution in [-0.2, 0) is 11.3 Å². The summed E-state index contributed by atoms with van der Waals surface area (Å²) in [7, 11) is 1.84. The Morgan fingerprint density at radius 1 is 1.15 bits per heavy atom. The predicted octanol–water partition coefficient (Wildman–Crippen LogP) is 3.02. The number of ether oxygens (including phenoxy) is 1. The van der Waals surface area contributed by atoms with Gasteiger partial charge in [0.2, 0.25) is 0 Å². The highest BCUT2D eigenvalue weighted by atomic mass is 16.5. The number of aliphatic imine (C=N–C) groups is 1. The highest BCUT2D eigenvalue weighted by Crippen LogP contribution is 2.13. The summed E-state index contributed by atoms with van der Waals surface area (Å²) in [5.74, 6) is 0.917. The van der Waals surface area contributed by atoms with Gasteiger partial charge in [0.1, 0.15) is 0 Å². The Hall–Kier alpha value is -1.59. The van der Waals surface area contributed by atoms with E-state index in [-0.39, 0.29) is 0 Å². The summed E-state index contributed by atoms with van der Waals surface area (Å²) in [6, 6.07) is 11.2. The fourth-order valence-corrected chi connectivity index (χ4v) is 3.19. The predicted molar refractivity (Wildman–Crippen MR) is 110 cm³/mol. The van der Waals surface area contributed by atoms with E-state index in [9.17, 15) is 0 Å². The van der Waals surface area contributed by atoms with Crippen LogP contribution in [0.2, 0.25) is 0 Å². The molecule has 5 nitrogen and oxygen atoms in total. The zero-order chi connectivity index (χ0) is 18.5. The van der Waals surface area contributed by atoms with Crippen molar-refractivity contribution in [3.63, 3.8) is 0 Å². The normalized spacial score (nSPS) is 16.6. The second-order valence-electron chi connectivity index (χ2n) is 7.00. The molecule has 0 spiro atoms. The molecule has 1 saturated heterocycles. The number of benzene rings is 1. The Kier molecular flexibility index (Phi) is 10.1. The second kappa shape index (κ2) is 12.7. The van der Waals surface area contributed by atoms with Crippen LogP contribution in [0.5, 0.6) is 0 Å². The first-order valence-electron chi connectivity index (χ1n) is 10.1. The average molecular weight is 361 g/mol. The van der Waals surface area contributed by atoms with Crippen molar-refractivity contribution in [3.8, 4) is 0 Å². The molecule has 0 aromatic heterocycles. The third kappa shape index (κ3) is 8.19. The van der Waals surface area contributed by atoms with Gasteiger partial charge in [-0.05, 0) is 31.2 Å². The molecule has 1 fully saturated rings. The summed E-state index contributed by atoms with van der Waals surface area (Å²) in [6.07, 6.45) is 5.68. The Bertz CT molecular complexity index is 498. The first-order valence-corrected chi connectivity index (χ1v) is 10.1. The molecule has 5 heteroatoms. The number of likely N-dealkylation sites (tertiary alicyclic amines) is 1. The number of guanidine groups is 1. The molecular formula is C21H36N4O. The van der Waals surface area contributed by atoms with Gasteiger partial charge in [-0.2, -0.15) is 0 Å². The third-order valence-electron chi connectivity index (χ3n) is 4.80. The molecule has 146 valence electrons. The number of hydrogen-bond acceptors (Lipinski definition) is 3. The van der Waals surface area contributed by atoms with E-state index in [1.54, 1.807) is 0 Å². The van der Waals surface area contributed by atoms with Crippen molar-refractivity contribution < 1.29 is 4.74 Å². The number of nitrogens with one attached hydrogen (secondary N) is 2. The van der Waals surface area contributed by atoms with Gasteiger partial charge in [-0.25, -0.2) is 0 Å². The van der Waals surface area contributed by atoms with Crippen molar-refractivity contribution in [1.29, 1.82) is 0 Å². The lowest BCUT2D eigenvalue weighted by atomic mass is 10.0. The standard InChI is InChI=1S/C21H36N4O/c1-3-4-16-26-17-8-13-23-21(22-2)24-20-11-14-25(15-12-20)18-19-9-6-5-7-10-19/h5-7,9-10,20H,3-4,8,11-18H2,1-2H3,(H2,22,23,24). The maximum absolute atomic E-state index is 5.59. The zero-order valence-corrected chi connectivity index (χ0v) is 16.5. The van der Waals surface area contributed by atoms with Gasteiger partial charge in [-0.15, -0.1) is 0 Å². The van der Waals surface area contributed by atoms with Crippen LogP contribution in [0.1, 0.15) is 44.6 Å². The van der Waals surface area contributed by atoms with E-state index in [0.29, 0.717) is 6.04 Å². The molecule has 1 aromatic rings. The van der Waals surface area contributed by atoms with Crippen LogP contribution in [0, 0.1) is 0 Å². The van der Waals surface area contributed by atoms with Crippen LogP contribution in [0.25, 0.3) is 0 Å². The van der Waals surface area contributed by atoms with Crippen LogP contribution in [0.3, 0.4) is 0 Å². The van der Waals surface area contributed by atoms with Gasteiger partial charge in [0, 0.05) is 52.5 Å². The Balaban J connectivity index is 1.58. The Morgan fingerprint density at radius 3 is 2.58 bits per heavy atom. The van der Waals surface area contributed by atoms with Gasteiger partial charge in [0.05, 0.1) is 0 Å². The molecule has 0 saturated carbocycles. The first kappa shape index (κ1) is 20.7. The van der Waals surface area contributed by atoms with Crippen LogP contribution in [-0.4, -0.2) is 56.8 Å². The quantitative estimate of drug-likeness (QED) is 0.383. The summed E-state index contributed by atoms with van der Waals surface area (Å²) in [4.78, 5) is 6.90. The fourth-order valence-electron chi connectivity index (χ4n) is 3.19. The van der Waals surface area contributed by atoms with Crippen LogP contribution >= 0.6 is 0 Å². The van der Waals surface area contributed by atoms with E-state index in [0.717, 1.165) is 71.0 Å². The lowest BCUT2D eigenvalue weighted by Gasteiger charge is -2.33. The molecule has 0 aliphatic carbocycles. The average Bonchev–Trinajstić information content (AvgIpc) is 2.68. The monoisotopic (exact) mass is 360 g/mol. The molecule has 1 aromatic carbocycles. The zero-order valence-electron chi connectivity index (χ0n) is 16.5. The van der Waals surface area contributed by atoms with E-state index in [4.69, 9.17) is 4.74 Å². The molecule has 0 amide bonds. The molecular weight excluding hydrogens is 324 g/mol. The van der Waals surface area contributed by atoms with Crippen molar-refractivity contribution in [2.75, 3.05) is 39.9 Å². The van der Waals surface area contributed by atoms with E-state index < -0.39 is 0 Å². The molecule has 1 aliphatic rings. The summed E-state index contributed by atoms with van der Waals surface area (Å²) in [5.41, 5.74) is 1.40. The number of nitrogens with zero attached hydrogens (tertiary/aromatic N) is 2. The van der Waals surface area contributed by atoms with Crippen molar-refractivity contribution in [2.45, 2.75) is 51.6 Å². The molecule has 2 rings (SSSR count). The Labute approximate surface area is 159 Å². The van der Waals surface area contributed by atoms with E-state index in [2.05, 4.69) is 57.8 Å². The maximum Gasteiger partial charge on any atom is 0.191 e. The number of hydrogen-bond donors (Lipinski definition) is 2. The maximum atomic E-state index is 5.59. The topological polar surface area (TPSA) is 48.9 Å². The van der Waals surface area contributed by atoms with Gasteiger partial charge in [-0.1, -0.05) is 43.7 Å². The Morgan fingerprint density at radius 2 is 1.88 bits per heavy atom. The lowest BCUT2D eigenvalue weighted by molar-refractivity contribution is 0.129. The molecule has 0 unspecified atom stereocenters. The fraction of sp³-hybridized carbons (Fsp3) is 0.667. The minimum atomic E-state index is 0.508. The van der Waals surface area contributed by atoms with Crippen LogP contribution in [0.15, 0.2) is 35.3 Å².